The minimum atomic E-state index is -0.502. The monoisotopic (exact) mass is 391 g/mol. The number of hydrogen-bond donors (Lipinski definition) is 0. The van der Waals surface area contributed by atoms with E-state index in [9.17, 15) is 9.59 Å². The number of benzene rings is 1. The van der Waals surface area contributed by atoms with E-state index in [0.717, 1.165) is 4.57 Å². The van der Waals surface area contributed by atoms with E-state index in [2.05, 4.69) is 27.5 Å². The van der Waals surface area contributed by atoms with Crippen LogP contribution in [0.1, 0.15) is 17.3 Å². The minimum absolute atomic E-state index is 0.359. The molecule has 2 heterocycles. The van der Waals surface area contributed by atoms with Crippen molar-refractivity contribution in [1.29, 1.82) is 0 Å². The zero-order valence-corrected chi connectivity index (χ0v) is 14.4. The molecule has 0 aliphatic carbocycles. The van der Waals surface area contributed by atoms with Crippen LogP contribution in [0.4, 0.5) is 0 Å². The zero-order chi connectivity index (χ0) is 16.7. The molecule has 0 spiro atoms. The van der Waals surface area contributed by atoms with Gasteiger partial charge in [0, 0.05) is 27.0 Å². The molecular weight excluding hydrogens is 382 g/mol. The van der Waals surface area contributed by atoms with Gasteiger partial charge >= 0.3 is 5.69 Å². The molecule has 0 saturated carbocycles. The normalized spacial score (nSPS) is 10.9. The van der Waals surface area contributed by atoms with E-state index in [0.29, 0.717) is 31.9 Å². The van der Waals surface area contributed by atoms with Crippen LogP contribution >= 0.6 is 27.5 Å². The molecular formula is C16H11BrClN3O2. The van der Waals surface area contributed by atoms with E-state index in [-0.39, 0.29) is 0 Å². The van der Waals surface area contributed by atoms with E-state index in [4.69, 9.17) is 11.6 Å². The van der Waals surface area contributed by atoms with Crippen LogP contribution in [0.15, 0.2) is 52.4 Å². The first-order valence-electron chi connectivity index (χ1n) is 6.65. The minimum Gasteiger partial charge on any atom is -0.268 e. The average molecular weight is 393 g/mol. The number of hydrogen-bond acceptors (Lipinski definition) is 3. The third kappa shape index (κ3) is 2.64. The van der Waals surface area contributed by atoms with Crippen molar-refractivity contribution in [2.75, 3.05) is 0 Å². The Morgan fingerprint density at radius 2 is 1.91 bits per heavy atom. The summed E-state index contributed by atoms with van der Waals surface area (Å²) in [6.45, 7) is 5.47. The second kappa shape index (κ2) is 5.79. The molecule has 3 rings (SSSR count). The number of carbonyl (C=O) groups excluding carboxylic acids is 1. The smallest absolute Gasteiger partial charge is 0.268 e. The third-order valence-corrected chi connectivity index (χ3v) is 4.01. The molecule has 0 aliphatic rings. The first-order chi connectivity index (χ1) is 10.9. The van der Waals surface area contributed by atoms with Crippen molar-refractivity contribution in [3.63, 3.8) is 0 Å². The summed E-state index contributed by atoms with van der Waals surface area (Å²) in [5.41, 5.74) is 1.13. The van der Waals surface area contributed by atoms with E-state index < -0.39 is 11.6 Å². The van der Waals surface area contributed by atoms with Gasteiger partial charge in [-0.1, -0.05) is 18.2 Å². The number of nitrogens with zero attached hydrogens (tertiary/aromatic N) is 3. The Morgan fingerprint density at radius 3 is 2.52 bits per heavy atom. The van der Waals surface area contributed by atoms with Gasteiger partial charge in [-0.15, -0.1) is 0 Å². The lowest BCUT2D eigenvalue weighted by atomic mass is 10.2. The molecule has 0 N–H and O–H groups in total. The van der Waals surface area contributed by atoms with Crippen LogP contribution in [0.3, 0.4) is 0 Å². The number of fused-ring (bicyclic) bond motifs is 1. The highest BCUT2D eigenvalue weighted by Gasteiger charge is 2.21. The lowest BCUT2D eigenvalue weighted by Crippen LogP contribution is -2.28. The molecule has 0 amide bonds. The number of halogens is 2. The number of allylic oxidation sites excluding steroid dienone is 1. The fourth-order valence-electron chi connectivity index (χ4n) is 2.31. The maximum Gasteiger partial charge on any atom is 0.341 e. The van der Waals surface area contributed by atoms with Crippen LogP contribution in [0.5, 0.6) is 0 Å². The molecule has 3 aromatic rings. The Labute approximate surface area is 145 Å². The van der Waals surface area contributed by atoms with Gasteiger partial charge < -0.3 is 0 Å². The largest absolute Gasteiger partial charge is 0.341 e. The van der Waals surface area contributed by atoms with Crippen molar-refractivity contribution in [3.8, 4) is 0 Å². The summed E-state index contributed by atoms with van der Waals surface area (Å²) in [5, 5.41) is 0.516. The predicted octanol–water partition coefficient (Wildman–Crippen LogP) is 3.79. The van der Waals surface area contributed by atoms with Gasteiger partial charge in [0.1, 0.15) is 0 Å². The first-order valence-corrected chi connectivity index (χ1v) is 7.82. The third-order valence-electron chi connectivity index (χ3n) is 3.33. The summed E-state index contributed by atoms with van der Waals surface area (Å²) in [6, 6.07) is 8.04. The molecule has 0 unspecified atom stereocenters. The van der Waals surface area contributed by atoms with Crippen LogP contribution < -0.4 is 5.69 Å². The van der Waals surface area contributed by atoms with E-state index in [1.807, 2.05) is 0 Å². The Kier molecular flexibility index (Phi) is 3.95. The highest BCUT2D eigenvalue weighted by molar-refractivity contribution is 9.10. The molecule has 0 bridgehead atoms. The van der Waals surface area contributed by atoms with Crippen LogP contribution in [0.2, 0.25) is 5.02 Å². The maximum absolute atomic E-state index is 12.8. The number of rotatable bonds is 2. The van der Waals surface area contributed by atoms with E-state index in [1.165, 1.54) is 4.57 Å². The Balaban J connectivity index is 2.32. The van der Waals surface area contributed by atoms with Crippen LogP contribution in [-0.2, 0) is 0 Å². The van der Waals surface area contributed by atoms with Crippen LogP contribution in [0.25, 0.3) is 16.9 Å². The van der Waals surface area contributed by atoms with Gasteiger partial charge in [-0.25, -0.2) is 18.9 Å². The first kappa shape index (κ1) is 15.7. The van der Waals surface area contributed by atoms with Crippen LogP contribution in [0, 0.1) is 0 Å². The van der Waals surface area contributed by atoms with E-state index in [1.54, 1.807) is 43.5 Å². The Bertz CT molecular complexity index is 1000. The number of aromatic nitrogens is 3. The predicted molar refractivity (Wildman–Crippen MR) is 93.9 cm³/mol. The topological polar surface area (TPSA) is 56.9 Å². The molecule has 116 valence electrons. The lowest BCUT2D eigenvalue weighted by Gasteiger charge is -2.02. The molecule has 1 aromatic carbocycles. The molecule has 5 nitrogen and oxygen atoms in total. The second-order valence-electron chi connectivity index (χ2n) is 5.00. The van der Waals surface area contributed by atoms with Gasteiger partial charge in [0.05, 0.1) is 5.52 Å². The highest BCUT2D eigenvalue weighted by atomic mass is 79.9. The zero-order valence-electron chi connectivity index (χ0n) is 12.1. The van der Waals surface area contributed by atoms with Gasteiger partial charge in [-0.3, -0.25) is 4.79 Å². The molecule has 23 heavy (non-hydrogen) atoms. The van der Waals surface area contributed by atoms with Gasteiger partial charge in [-0.2, -0.15) is 0 Å². The Hall–Kier alpha value is -2.18. The van der Waals surface area contributed by atoms with Crippen molar-refractivity contribution < 1.29 is 4.79 Å². The van der Waals surface area contributed by atoms with Crippen molar-refractivity contribution >= 4 is 50.3 Å². The lowest BCUT2D eigenvalue weighted by molar-refractivity contribution is 0.0960. The molecule has 0 aliphatic heterocycles. The summed E-state index contributed by atoms with van der Waals surface area (Å²) < 4.78 is 3.07. The summed E-state index contributed by atoms with van der Waals surface area (Å²) in [7, 11) is 0. The molecule has 0 saturated heterocycles. The van der Waals surface area contributed by atoms with Gasteiger partial charge in [0.2, 0.25) is 0 Å². The van der Waals surface area contributed by atoms with Gasteiger partial charge in [0.15, 0.2) is 5.65 Å². The van der Waals surface area contributed by atoms with Crippen molar-refractivity contribution in [3.05, 3.63) is 68.7 Å². The molecule has 0 fully saturated rings. The molecule has 7 heteroatoms. The summed E-state index contributed by atoms with van der Waals surface area (Å²) in [6.07, 6.45) is 1.57. The summed E-state index contributed by atoms with van der Waals surface area (Å²) >= 11 is 9.16. The second-order valence-corrected chi connectivity index (χ2v) is 6.35. The summed E-state index contributed by atoms with van der Waals surface area (Å²) in [4.78, 5) is 29.7. The molecule has 2 aromatic heterocycles. The fourth-order valence-corrected chi connectivity index (χ4v) is 2.76. The summed E-state index contributed by atoms with van der Waals surface area (Å²) in [5.74, 6) is -0.448. The number of pyridine rings is 1. The van der Waals surface area contributed by atoms with Gasteiger partial charge in [0.25, 0.3) is 5.91 Å². The van der Waals surface area contributed by atoms with Crippen molar-refractivity contribution in [2.45, 2.75) is 6.92 Å². The van der Waals surface area contributed by atoms with Crippen molar-refractivity contribution in [1.82, 2.24) is 14.1 Å². The van der Waals surface area contributed by atoms with Gasteiger partial charge in [-0.05, 0) is 53.2 Å². The van der Waals surface area contributed by atoms with E-state index >= 15 is 0 Å². The quantitative estimate of drug-likeness (QED) is 0.667. The highest BCUT2D eigenvalue weighted by Crippen LogP contribution is 2.20. The van der Waals surface area contributed by atoms with Crippen LogP contribution in [-0.4, -0.2) is 20.0 Å². The fraction of sp³-hybridized carbons (Fsp3) is 0.0625. The molecule has 0 radical (unpaired) electrons. The SMILES string of the molecule is C=C(C)n1c(=O)n(C(=O)c2ccc(Cl)cc2)c2cc(Br)cnc21. The number of carbonyl (C=O) groups is 1. The molecule has 0 atom stereocenters. The standard InChI is InChI=1S/C16H11BrClN3O2/c1-9(2)20-14-13(7-11(17)8-19-14)21(16(20)23)15(22)10-3-5-12(18)6-4-10/h3-8H,1H2,2H3. The number of imidazole rings is 1. The Morgan fingerprint density at radius 1 is 1.26 bits per heavy atom. The average Bonchev–Trinajstić information content (AvgIpc) is 2.78. The maximum atomic E-state index is 12.8. The van der Waals surface area contributed by atoms with Crippen molar-refractivity contribution in [2.24, 2.45) is 0 Å².